The van der Waals surface area contributed by atoms with E-state index in [0.29, 0.717) is 28.3 Å². The molecule has 0 radical (unpaired) electrons. The Morgan fingerprint density at radius 1 is 1.24 bits per heavy atom. The summed E-state index contributed by atoms with van der Waals surface area (Å²) in [5.74, 6) is 0.180. The molecule has 2 N–H and O–H groups in total. The lowest BCUT2D eigenvalue weighted by molar-refractivity contribution is 0.0238. The number of nitrogens with zero attached hydrogens (tertiary/aromatic N) is 4. The van der Waals surface area contributed by atoms with Crippen molar-refractivity contribution in [1.29, 1.82) is 0 Å². The molecule has 0 spiro atoms. The maximum absolute atomic E-state index is 12.6. The SMILES string of the molecule is CC1CN(C)CCN1CCCNc1ncc(Cl)c(-c2cc3c(C(=O)ONC4CC4)cccc3s2)n1.Cl.Cl.Cl. The Bertz CT molecular complexity index is 1210. The third-order valence-electron chi connectivity index (χ3n) is 6.53. The number of benzene rings is 1. The molecule has 5 rings (SSSR count). The third kappa shape index (κ3) is 8.05. The number of fused-ring (bicyclic) bond motifs is 1. The van der Waals surface area contributed by atoms with E-state index >= 15 is 0 Å². The van der Waals surface area contributed by atoms with Crippen molar-refractivity contribution in [1.82, 2.24) is 25.2 Å². The minimum Gasteiger partial charge on any atom is -0.366 e. The summed E-state index contributed by atoms with van der Waals surface area (Å²) < 4.78 is 0.978. The summed E-state index contributed by atoms with van der Waals surface area (Å²) in [4.78, 5) is 32.8. The van der Waals surface area contributed by atoms with Crippen LogP contribution in [0.2, 0.25) is 5.02 Å². The van der Waals surface area contributed by atoms with Crippen molar-refractivity contribution in [3.63, 3.8) is 0 Å². The summed E-state index contributed by atoms with van der Waals surface area (Å²) in [6, 6.07) is 8.46. The number of hydroxylamine groups is 1. The van der Waals surface area contributed by atoms with Crippen LogP contribution in [-0.4, -0.2) is 77.6 Å². The number of carbonyl (C=O) groups is 1. The Labute approximate surface area is 251 Å². The molecule has 0 amide bonds. The molecule has 1 unspecified atom stereocenters. The van der Waals surface area contributed by atoms with E-state index in [9.17, 15) is 4.79 Å². The zero-order chi connectivity index (χ0) is 24.4. The average molecular weight is 624 g/mol. The van der Waals surface area contributed by atoms with Gasteiger partial charge in [-0.1, -0.05) is 17.7 Å². The number of rotatable bonds is 9. The van der Waals surface area contributed by atoms with E-state index in [-0.39, 0.29) is 49.2 Å². The van der Waals surface area contributed by atoms with Crippen LogP contribution in [0.4, 0.5) is 5.95 Å². The molecule has 38 heavy (non-hydrogen) atoms. The van der Waals surface area contributed by atoms with Crippen LogP contribution in [0.3, 0.4) is 0 Å². The molecule has 2 aromatic heterocycles. The van der Waals surface area contributed by atoms with E-state index in [1.165, 1.54) is 0 Å². The Balaban J connectivity index is 0.00000169. The molecule has 1 aliphatic carbocycles. The number of hydrogen-bond acceptors (Lipinski definition) is 9. The normalized spacial score (nSPS) is 17.7. The van der Waals surface area contributed by atoms with Crippen LogP contribution >= 0.6 is 60.2 Å². The first-order valence-corrected chi connectivity index (χ1v) is 13.4. The van der Waals surface area contributed by atoms with Crippen LogP contribution in [0.25, 0.3) is 20.7 Å². The smallest absolute Gasteiger partial charge is 0.357 e. The highest BCUT2D eigenvalue weighted by molar-refractivity contribution is 7.22. The van der Waals surface area contributed by atoms with Crippen molar-refractivity contribution in [3.05, 3.63) is 41.0 Å². The average Bonchev–Trinajstić information content (AvgIpc) is 3.58. The van der Waals surface area contributed by atoms with Crippen LogP contribution < -0.4 is 10.8 Å². The lowest BCUT2D eigenvalue weighted by atomic mass is 10.1. The first-order chi connectivity index (χ1) is 17.0. The largest absolute Gasteiger partial charge is 0.366 e. The second-order valence-electron chi connectivity index (χ2n) is 9.43. The minimum absolute atomic E-state index is 0. The number of hydrogen-bond donors (Lipinski definition) is 2. The van der Waals surface area contributed by atoms with Gasteiger partial charge in [-0.3, -0.25) is 4.90 Å². The quantitative estimate of drug-likeness (QED) is 0.238. The fourth-order valence-electron chi connectivity index (χ4n) is 4.37. The van der Waals surface area contributed by atoms with E-state index in [1.54, 1.807) is 23.6 Å². The van der Waals surface area contributed by atoms with Crippen molar-refractivity contribution in [2.75, 3.05) is 45.1 Å². The van der Waals surface area contributed by atoms with Crippen molar-refractivity contribution >= 4 is 82.2 Å². The van der Waals surface area contributed by atoms with Crippen LogP contribution in [-0.2, 0) is 4.84 Å². The predicted molar refractivity (Wildman–Crippen MR) is 163 cm³/mol. The van der Waals surface area contributed by atoms with Gasteiger partial charge in [-0.05, 0) is 51.4 Å². The molecule has 3 aromatic rings. The summed E-state index contributed by atoms with van der Waals surface area (Å²) in [7, 11) is 2.18. The van der Waals surface area contributed by atoms with Crippen LogP contribution in [0, 0.1) is 0 Å². The minimum atomic E-state index is -0.377. The molecule has 1 aromatic carbocycles. The van der Waals surface area contributed by atoms with E-state index < -0.39 is 0 Å². The molecule has 1 saturated heterocycles. The summed E-state index contributed by atoms with van der Waals surface area (Å²) in [5, 5.41) is 4.66. The maximum Gasteiger partial charge on any atom is 0.357 e. The number of likely N-dealkylation sites (N-methyl/N-ethyl adjacent to an activating group) is 1. The Hall–Kier alpha value is -1.43. The van der Waals surface area contributed by atoms with Gasteiger partial charge in [-0.25, -0.2) is 14.8 Å². The van der Waals surface area contributed by atoms with Gasteiger partial charge in [0.25, 0.3) is 0 Å². The Kier molecular flexibility index (Phi) is 12.8. The zero-order valence-electron chi connectivity index (χ0n) is 21.3. The molecule has 8 nitrogen and oxygen atoms in total. The van der Waals surface area contributed by atoms with Gasteiger partial charge in [0.05, 0.1) is 21.7 Å². The van der Waals surface area contributed by atoms with E-state index in [2.05, 4.69) is 39.6 Å². The lowest BCUT2D eigenvalue weighted by Crippen LogP contribution is -2.50. The van der Waals surface area contributed by atoms with Crippen LogP contribution in [0.1, 0.15) is 36.5 Å². The molecule has 2 fully saturated rings. The van der Waals surface area contributed by atoms with E-state index in [1.807, 2.05) is 18.2 Å². The van der Waals surface area contributed by atoms with Gasteiger partial charge in [0.1, 0.15) is 5.69 Å². The third-order valence-corrected chi connectivity index (χ3v) is 7.91. The number of anilines is 1. The molecular weight excluding hydrogens is 590 g/mol. The van der Waals surface area contributed by atoms with Crippen LogP contribution in [0.5, 0.6) is 0 Å². The van der Waals surface area contributed by atoms with E-state index in [0.717, 1.165) is 66.9 Å². The predicted octanol–water partition coefficient (Wildman–Crippen LogP) is 5.54. The van der Waals surface area contributed by atoms with Crippen molar-refractivity contribution < 1.29 is 9.63 Å². The van der Waals surface area contributed by atoms with Gasteiger partial charge in [0.2, 0.25) is 5.95 Å². The number of nitrogens with one attached hydrogen (secondary N) is 2. The molecule has 1 atom stereocenters. The molecule has 13 heteroatoms. The molecule has 3 heterocycles. The molecular formula is C25H34Cl4N6O2S. The van der Waals surface area contributed by atoms with E-state index in [4.69, 9.17) is 21.4 Å². The van der Waals surface area contributed by atoms with Gasteiger partial charge in [0, 0.05) is 54.9 Å². The van der Waals surface area contributed by atoms with Crippen molar-refractivity contribution in [2.24, 2.45) is 0 Å². The van der Waals surface area contributed by atoms with Crippen LogP contribution in [0.15, 0.2) is 30.5 Å². The topological polar surface area (TPSA) is 82.6 Å². The first-order valence-electron chi connectivity index (χ1n) is 12.2. The maximum atomic E-state index is 12.6. The number of thiophene rings is 1. The monoisotopic (exact) mass is 622 g/mol. The fraction of sp³-hybridized carbons (Fsp3) is 0.480. The molecule has 210 valence electrons. The van der Waals surface area contributed by atoms with Gasteiger partial charge < -0.3 is 15.1 Å². The second kappa shape index (κ2) is 14.8. The fourth-order valence-corrected chi connectivity index (χ4v) is 5.71. The summed E-state index contributed by atoms with van der Waals surface area (Å²) in [6.07, 6.45) is 4.72. The summed E-state index contributed by atoms with van der Waals surface area (Å²) >= 11 is 8.03. The van der Waals surface area contributed by atoms with Crippen molar-refractivity contribution in [3.8, 4) is 10.6 Å². The summed E-state index contributed by atoms with van der Waals surface area (Å²) in [6.45, 7) is 7.47. The van der Waals surface area contributed by atoms with Gasteiger partial charge in [-0.15, -0.1) is 54.0 Å². The second-order valence-corrected chi connectivity index (χ2v) is 10.9. The highest BCUT2D eigenvalue weighted by atomic mass is 35.5. The van der Waals surface area contributed by atoms with Gasteiger partial charge >= 0.3 is 5.97 Å². The lowest BCUT2D eigenvalue weighted by Gasteiger charge is -2.38. The molecule has 1 aliphatic heterocycles. The van der Waals surface area contributed by atoms with Gasteiger partial charge in [0.15, 0.2) is 0 Å². The first kappa shape index (κ1) is 32.8. The number of carbonyl (C=O) groups excluding carboxylic acids is 1. The summed E-state index contributed by atoms with van der Waals surface area (Å²) in [5.41, 5.74) is 4.01. The molecule has 2 aliphatic rings. The standard InChI is InChI=1S/C25H31ClN6O2S.3ClH/c1-16-15-31(2)11-12-32(16)10-4-9-27-25-28-14-20(26)23(29-25)22-13-19-18(5-3-6-21(19)35-22)24(33)34-30-17-7-8-17;;;/h3,5-6,13-14,16-17,30H,4,7-12,15H2,1-2H3,(H,27,28,29);3*1H. The number of piperazine rings is 1. The Morgan fingerprint density at radius 2 is 2.03 bits per heavy atom. The highest BCUT2D eigenvalue weighted by Crippen LogP contribution is 2.37. The highest BCUT2D eigenvalue weighted by Gasteiger charge is 2.24. The molecule has 0 bridgehead atoms. The zero-order valence-corrected chi connectivity index (χ0v) is 25.3. The Morgan fingerprint density at radius 3 is 2.76 bits per heavy atom. The number of halogens is 4. The molecule has 1 saturated carbocycles. The van der Waals surface area contributed by atoms with Crippen molar-refractivity contribution in [2.45, 2.75) is 38.3 Å². The number of aromatic nitrogens is 2. The van der Waals surface area contributed by atoms with Gasteiger partial charge in [-0.2, -0.15) is 0 Å².